The number of benzene rings is 3. The van der Waals surface area contributed by atoms with E-state index < -0.39 is 0 Å². The minimum absolute atomic E-state index is 0.443. The zero-order chi connectivity index (χ0) is 16.8. The lowest BCUT2D eigenvalue weighted by Gasteiger charge is -2.08. The molecule has 0 unspecified atom stereocenters. The Morgan fingerprint density at radius 1 is 0.708 bits per heavy atom. The standard InChI is InChI=1S/C21H13N3/c22-14-16-11-12-19(15-23)20(13-16)24-21(17-7-3-1-4-8-17)18-9-5-2-6-10-18/h1-13H. The number of aliphatic imine (C=N–C) groups is 1. The van der Waals surface area contributed by atoms with Gasteiger partial charge in [-0.05, 0) is 18.2 Å². The summed E-state index contributed by atoms with van der Waals surface area (Å²) in [7, 11) is 0. The van der Waals surface area contributed by atoms with Crippen molar-refractivity contribution in [2.24, 2.45) is 4.99 Å². The lowest BCUT2D eigenvalue weighted by Crippen LogP contribution is -2.02. The second-order valence-electron chi connectivity index (χ2n) is 5.15. The molecule has 0 saturated carbocycles. The van der Waals surface area contributed by atoms with E-state index in [9.17, 15) is 5.26 Å². The van der Waals surface area contributed by atoms with E-state index in [1.807, 2.05) is 60.7 Å². The van der Waals surface area contributed by atoms with Crippen molar-refractivity contribution in [2.45, 2.75) is 0 Å². The van der Waals surface area contributed by atoms with Crippen LogP contribution in [0.2, 0.25) is 0 Å². The fourth-order valence-electron chi connectivity index (χ4n) is 2.40. The molecule has 0 radical (unpaired) electrons. The zero-order valence-corrected chi connectivity index (χ0v) is 12.8. The Kier molecular flexibility index (Phi) is 4.47. The summed E-state index contributed by atoms with van der Waals surface area (Å²) in [6.45, 7) is 0. The summed E-state index contributed by atoms with van der Waals surface area (Å²) in [6.07, 6.45) is 0. The van der Waals surface area contributed by atoms with Gasteiger partial charge in [-0.3, -0.25) is 0 Å². The third-order valence-corrected chi connectivity index (χ3v) is 3.57. The number of hydrogen-bond donors (Lipinski definition) is 0. The highest BCUT2D eigenvalue weighted by Crippen LogP contribution is 2.23. The van der Waals surface area contributed by atoms with E-state index in [1.54, 1.807) is 18.2 Å². The maximum Gasteiger partial charge on any atom is 0.101 e. The lowest BCUT2D eigenvalue weighted by atomic mass is 10.0. The minimum atomic E-state index is 0.443. The molecule has 3 nitrogen and oxygen atoms in total. The van der Waals surface area contributed by atoms with Crippen LogP contribution in [0.3, 0.4) is 0 Å². The Labute approximate surface area is 140 Å². The maximum absolute atomic E-state index is 9.33. The number of hydrogen-bond acceptors (Lipinski definition) is 3. The summed E-state index contributed by atoms with van der Waals surface area (Å²) < 4.78 is 0. The molecule has 0 aromatic heterocycles. The van der Waals surface area contributed by atoms with Gasteiger partial charge in [-0.2, -0.15) is 10.5 Å². The van der Waals surface area contributed by atoms with Crippen LogP contribution in [-0.4, -0.2) is 5.71 Å². The van der Waals surface area contributed by atoms with Crippen molar-refractivity contribution < 1.29 is 0 Å². The van der Waals surface area contributed by atoms with Crippen LogP contribution in [0.1, 0.15) is 22.3 Å². The Morgan fingerprint density at radius 2 is 1.29 bits per heavy atom. The first-order valence-electron chi connectivity index (χ1n) is 7.45. The molecule has 0 bridgehead atoms. The van der Waals surface area contributed by atoms with Gasteiger partial charge < -0.3 is 0 Å². The van der Waals surface area contributed by atoms with Gasteiger partial charge in [0.15, 0.2) is 0 Å². The highest BCUT2D eigenvalue weighted by Gasteiger charge is 2.09. The molecule has 0 N–H and O–H groups in total. The molecule has 3 heteroatoms. The maximum atomic E-state index is 9.33. The summed E-state index contributed by atoms with van der Waals surface area (Å²) in [5, 5.41) is 18.4. The summed E-state index contributed by atoms with van der Waals surface area (Å²) in [6, 6.07) is 28.7. The first kappa shape index (κ1) is 15.2. The van der Waals surface area contributed by atoms with Gasteiger partial charge in [0.05, 0.1) is 28.6 Å². The lowest BCUT2D eigenvalue weighted by molar-refractivity contribution is 1.40. The van der Waals surface area contributed by atoms with Crippen molar-refractivity contribution in [3.05, 3.63) is 101 Å². The summed E-state index contributed by atoms with van der Waals surface area (Å²) in [4.78, 5) is 4.72. The van der Waals surface area contributed by atoms with Crippen molar-refractivity contribution in [2.75, 3.05) is 0 Å². The van der Waals surface area contributed by atoms with E-state index >= 15 is 0 Å². The molecule has 3 aromatic carbocycles. The van der Waals surface area contributed by atoms with Crippen LogP contribution >= 0.6 is 0 Å². The van der Waals surface area contributed by atoms with E-state index in [2.05, 4.69) is 12.1 Å². The molecular weight excluding hydrogens is 294 g/mol. The first-order valence-corrected chi connectivity index (χ1v) is 7.45. The fraction of sp³-hybridized carbons (Fsp3) is 0. The highest BCUT2D eigenvalue weighted by atomic mass is 14.8. The predicted molar refractivity (Wildman–Crippen MR) is 94.1 cm³/mol. The number of rotatable bonds is 3. The molecular formula is C21H13N3. The third kappa shape index (κ3) is 3.21. The molecule has 112 valence electrons. The topological polar surface area (TPSA) is 59.9 Å². The normalized spacial score (nSPS) is 9.58. The van der Waals surface area contributed by atoms with Crippen molar-refractivity contribution in [1.82, 2.24) is 0 Å². The van der Waals surface area contributed by atoms with Gasteiger partial charge in [0.2, 0.25) is 0 Å². The van der Waals surface area contributed by atoms with Crippen LogP contribution in [0, 0.1) is 22.7 Å². The smallest absolute Gasteiger partial charge is 0.101 e. The number of nitriles is 2. The molecule has 0 heterocycles. The molecule has 3 rings (SSSR count). The fourth-order valence-corrected chi connectivity index (χ4v) is 2.40. The van der Waals surface area contributed by atoms with Crippen molar-refractivity contribution in [1.29, 1.82) is 10.5 Å². The zero-order valence-electron chi connectivity index (χ0n) is 12.8. The molecule has 24 heavy (non-hydrogen) atoms. The molecule has 0 aliphatic carbocycles. The third-order valence-electron chi connectivity index (χ3n) is 3.57. The van der Waals surface area contributed by atoms with Gasteiger partial charge in [0.1, 0.15) is 6.07 Å². The van der Waals surface area contributed by atoms with Crippen LogP contribution in [0.4, 0.5) is 5.69 Å². The predicted octanol–water partition coefficient (Wildman–Crippen LogP) is 4.60. The molecule has 3 aromatic rings. The largest absolute Gasteiger partial charge is 0.246 e. The Morgan fingerprint density at radius 3 is 1.79 bits per heavy atom. The van der Waals surface area contributed by atoms with Crippen LogP contribution in [0.5, 0.6) is 0 Å². The van der Waals surface area contributed by atoms with Gasteiger partial charge in [0, 0.05) is 11.1 Å². The molecule has 0 aliphatic rings. The quantitative estimate of drug-likeness (QED) is 0.664. The molecule has 0 spiro atoms. The van der Waals surface area contributed by atoms with Crippen molar-refractivity contribution in [3.8, 4) is 12.1 Å². The highest BCUT2D eigenvalue weighted by molar-refractivity contribution is 6.14. The second kappa shape index (κ2) is 7.05. The van der Waals surface area contributed by atoms with Gasteiger partial charge in [0.25, 0.3) is 0 Å². The van der Waals surface area contributed by atoms with E-state index in [4.69, 9.17) is 10.3 Å². The van der Waals surface area contributed by atoms with Crippen LogP contribution in [-0.2, 0) is 0 Å². The molecule has 0 fully saturated rings. The van der Waals surface area contributed by atoms with Gasteiger partial charge in [-0.15, -0.1) is 0 Å². The molecule has 0 atom stereocenters. The van der Waals surface area contributed by atoms with Crippen molar-refractivity contribution in [3.63, 3.8) is 0 Å². The van der Waals surface area contributed by atoms with Crippen LogP contribution < -0.4 is 0 Å². The average molecular weight is 307 g/mol. The molecule has 0 aliphatic heterocycles. The van der Waals surface area contributed by atoms with Gasteiger partial charge in [-0.25, -0.2) is 4.99 Å². The average Bonchev–Trinajstić information content (AvgIpc) is 2.67. The van der Waals surface area contributed by atoms with Gasteiger partial charge >= 0.3 is 0 Å². The molecule has 0 saturated heterocycles. The number of nitrogens with zero attached hydrogens (tertiary/aromatic N) is 3. The first-order chi connectivity index (χ1) is 11.8. The summed E-state index contributed by atoms with van der Waals surface area (Å²) in [5.41, 5.74) is 4.10. The Hall–Kier alpha value is -3.69. The van der Waals surface area contributed by atoms with E-state index in [1.165, 1.54) is 0 Å². The summed E-state index contributed by atoms with van der Waals surface area (Å²) >= 11 is 0. The van der Waals surface area contributed by atoms with Crippen molar-refractivity contribution >= 4 is 11.4 Å². The minimum Gasteiger partial charge on any atom is -0.246 e. The Balaban J connectivity index is 2.22. The SMILES string of the molecule is N#Cc1ccc(C#N)c(N=C(c2ccccc2)c2ccccc2)c1. The molecule has 0 amide bonds. The van der Waals surface area contributed by atoms with E-state index in [0.717, 1.165) is 16.8 Å². The Bertz CT molecular complexity index is 918. The van der Waals surface area contributed by atoms with E-state index in [0.29, 0.717) is 16.8 Å². The van der Waals surface area contributed by atoms with Crippen LogP contribution in [0.25, 0.3) is 0 Å². The summed E-state index contributed by atoms with van der Waals surface area (Å²) in [5.74, 6) is 0. The van der Waals surface area contributed by atoms with Gasteiger partial charge in [-0.1, -0.05) is 60.7 Å². The second-order valence-corrected chi connectivity index (χ2v) is 5.15. The monoisotopic (exact) mass is 307 g/mol. The van der Waals surface area contributed by atoms with E-state index in [-0.39, 0.29) is 0 Å². The van der Waals surface area contributed by atoms with Crippen LogP contribution in [0.15, 0.2) is 83.9 Å².